The van der Waals surface area contributed by atoms with Gasteiger partial charge < -0.3 is 10.3 Å². The molecule has 4 rings (SSSR count). The molecular formula is C20H23FN6. The Labute approximate surface area is 157 Å². The van der Waals surface area contributed by atoms with Crippen LogP contribution in [-0.4, -0.2) is 37.9 Å². The van der Waals surface area contributed by atoms with Crippen LogP contribution in [0.3, 0.4) is 0 Å². The van der Waals surface area contributed by atoms with Crippen molar-refractivity contribution in [2.75, 3.05) is 18.4 Å². The van der Waals surface area contributed by atoms with E-state index in [9.17, 15) is 4.39 Å². The highest BCUT2D eigenvalue weighted by Crippen LogP contribution is 2.35. The summed E-state index contributed by atoms with van der Waals surface area (Å²) in [6.45, 7) is 6.21. The van der Waals surface area contributed by atoms with E-state index in [0.717, 1.165) is 42.0 Å². The number of hydrogen-bond donors (Lipinski definition) is 2. The van der Waals surface area contributed by atoms with Crippen molar-refractivity contribution in [2.24, 2.45) is 0 Å². The summed E-state index contributed by atoms with van der Waals surface area (Å²) < 4.78 is 14.7. The van der Waals surface area contributed by atoms with E-state index in [1.54, 1.807) is 12.4 Å². The average molecular weight is 366 g/mol. The Morgan fingerprint density at radius 2 is 2.07 bits per heavy atom. The number of H-pyrrole nitrogens is 1. The first-order chi connectivity index (χ1) is 13.2. The number of nitrogens with one attached hydrogen (secondary N) is 2. The molecule has 2 N–H and O–H groups in total. The third kappa shape index (κ3) is 3.55. The Kier molecular flexibility index (Phi) is 4.85. The van der Waals surface area contributed by atoms with Crippen molar-refractivity contribution < 1.29 is 4.39 Å². The van der Waals surface area contributed by atoms with Crippen molar-refractivity contribution in [3.63, 3.8) is 0 Å². The number of aryl methyl sites for hydroxylation is 1. The summed E-state index contributed by atoms with van der Waals surface area (Å²) in [6.07, 6.45) is 6.21. The van der Waals surface area contributed by atoms with Crippen LogP contribution in [0.1, 0.15) is 41.0 Å². The van der Waals surface area contributed by atoms with Crippen LogP contribution in [0.5, 0.6) is 0 Å². The van der Waals surface area contributed by atoms with Crippen LogP contribution in [0.25, 0.3) is 0 Å². The van der Waals surface area contributed by atoms with Crippen LogP contribution in [0.2, 0.25) is 0 Å². The number of imidazole rings is 1. The van der Waals surface area contributed by atoms with E-state index in [1.807, 2.05) is 32.3 Å². The molecule has 1 aromatic carbocycles. The maximum absolute atomic E-state index is 14.7. The SMILES string of the molecule is CCNc1ncc(CN2CCc3[nH]cnc3C2c2cc(C)ccc2F)cn1. The van der Waals surface area contributed by atoms with Gasteiger partial charge in [-0.05, 0) is 19.9 Å². The molecule has 7 heteroatoms. The van der Waals surface area contributed by atoms with Crippen molar-refractivity contribution >= 4 is 5.95 Å². The van der Waals surface area contributed by atoms with E-state index < -0.39 is 0 Å². The molecular weight excluding hydrogens is 343 g/mol. The number of rotatable bonds is 5. The van der Waals surface area contributed by atoms with Crippen LogP contribution in [0.15, 0.2) is 36.9 Å². The largest absolute Gasteiger partial charge is 0.355 e. The first kappa shape index (κ1) is 17.6. The van der Waals surface area contributed by atoms with Gasteiger partial charge in [-0.15, -0.1) is 0 Å². The van der Waals surface area contributed by atoms with Gasteiger partial charge in [0.25, 0.3) is 0 Å². The molecule has 3 aromatic rings. The molecule has 3 heterocycles. The minimum Gasteiger partial charge on any atom is -0.355 e. The predicted molar refractivity (Wildman–Crippen MR) is 102 cm³/mol. The Morgan fingerprint density at radius 1 is 1.26 bits per heavy atom. The van der Waals surface area contributed by atoms with Gasteiger partial charge in [-0.25, -0.2) is 19.3 Å². The molecule has 0 fully saturated rings. The summed E-state index contributed by atoms with van der Waals surface area (Å²) in [6, 6.07) is 5.03. The van der Waals surface area contributed by atoms with E-state index >= 15 is 0 Å². The Hall–Kier alpha value is -2.80. The highest BCUT2D eigenvalue weighted by atomic mass is 19.1. The monoisotopic (exact) mass is 366 g/mol. The summed E-state index contributed by atoms with van der Waals surface area (Å²) in [5.74, 6) is 0.418. The van der Waals surface area contributed by atoms with E-state index in [4.69, 9.17) is 0 Å². The number of nitrogens with zero attached hydrogens (tertiary/aromatic N) is 4. The third-order valence-electron chi connectivity index (χ3n) is 4.90. The number of anilines is 1. The summed E-state index contributed by atoms with van der Waals surface area (Å²) in [5.41, 5.74) is 4.67. The molecule has 1 aliphatic heterocycles. The fourth-order valence-corrected chi connectivity index (χ4v) is 3.63. The molecule has 0 amide bonds. The van der Waals surface area contributed by atoms with Gasteiger partial charge in [0.2, 0.25) is 5.95 Å². The standard InChI is InChI=1S/C20H23FN6/c1-3-22-20-23-9-14(10-24-20)11-27-7-6-17-18(26-12-25-17)19(27)15-8-13(2)4-5-16(15)21/h4-5,8-10,12,19H,3,6-7,11H2,1-2H3,(H,25,26)(H,22,23,24). The van der Waals surface area contributed by atoms with Crippen LogP contribution < -0.4 is 5.32 Å². The van der Waals surface area contributed by atoms with Crippen molar-refractivity contribution in [3.8, 4) is 0 Å². The maximum Gasteiger partial charge on any atom is 0.222 e. The highest BCUT2D eigenvalue weighted by Gasteiger charge is 2.32. The molecule has 0 radical (unpaired) electrons. The third-order valence-corrected chi connectivity index (χ3v) is 4.90. The van der Waals surface area contributed by atoms with E-state index in [1.165, 1.54) is 6.07 Å². The number of aromatic amines is 1. The summed E-state index contributed by atoms with van der Waals surface area (Å²) >= 11 is 0. The van der Waals surface area contributed by atoms with Crippen LogP contribution in [-0.2, 0) is 13.0 Å². The predicted octanol–water partition coefficient (Wildman–Crippen LogP) is 3.23. The van der Waals surface area contributed by atoms with Gasteiger partial charge in [-0.2, -0.15) is 0 Å². The molecule has 1 atom stereocenters. The fraction of sp³-hybridized carbons (Fsp3) is 0.350. The minimum atomic E-state index is -0.228. The van der Waals surface area contributed by atoms with E-state index in [0.29, 0.717) is 18.1 Å². The first-order valence-corrected chi connectivity index (χ1v) is 9.22. The zero-order valence-electron chi connectivity index (χ0n) is 15.5. The number of fused-ring (bicyclic) bond motifs is 1. The molecule has 1 aliphatic rings. The highest BCUT2D eigenvalue weighted by molar-refractivity contribution is 5.36. The van der Waals surface area contributed by atoms with Gasteiger partial charge in [-0.3, -0.25) is 4.90 Å². The lowest BCUT2D eigenvalue weighted by atomic mass is 9.94. The van der Waals surface area contributed by atoms with Crippen molar-refractivity contribution in [1.82, 2.24) is 24.8 Å². The molecule has 0 spiro atoms. The van der Waals surface area contributed by atoms with Crippen LogP contribution >= 0.6 is 0 Å². The van der Waals surface area contributed by atoms with Crippen LogP contribution in [0.4, 0.5) is 10.3 Å². The molecule has 0 saturated heterocycles. The second-order valence-electron chi connectivity index (χ2n) is 6.86. The molecule has 0 bridgehead atoms. The lowest BCUT2D eigenvalue weighted by Gasteiger charge is -2.35. The van der Waals surface area contributed by atoms with E-state index in [-0.39, 0.29) is 11.9 Å². The van der Waals surface area contributed by atoms with Gasteiger partial charge in [-0.1, -0.05) is 17.7 Å². The molecule has 0 saturated carbocycles. The molecule has 6 nitrogen and oxygen atoms in total. The Morgan fingerprint density at radius 3 is 2.85 bits per heavy atom. The number of hydrogen-bond acceptors (Lipinski definition) is 5. The summed E-state index contributed by atoms with van der Waals surface area (Å²) in [7, 11) is 0. The van der Waals surface area contributed by atoms with Gasteiger partial charge in [0, 0.05) is 55.3 Å². The smallest absolute Gasteiger partial charge is 0.222 e. The average Bonchev–Trinajstić information content (AvgIpc) is 3.14. The first-order valence-electron chi connectivity index (χ1n) is 9.22. The minimum absolute atomic E-state index is 0.204. The topological polar surface area (TPSA) is 69.7 Å². The molecule has 1 unspecified atom stereocenters. The quantitative estimate of drug-likeness (QED) is 0.726. The maximum atomic E-state index is 14.7. The lowest BCUT2D eigenvalue weighted by Crippen LogP contribution is -2.36. The van der Waals surface area contributed by atoms with Gasteiger partial charge in [0.15, 0.2) is 0 Å². The summed E-state index contributed by atoms with van der Waals surface area (Å²) in [5, 5.41) is 3.10. The molecule has 2 aromatic heterocycles. The second-order valence-corrected chi connectivity index (χ2v) is 6.86. The summed E-state index contributed by atoms with van der Waals surface area (Å²) in [4.78, 5) is 18.7. The molecule has 0 aliphatic carbocycles. The van der Waals surface area contributed by atoms with Crippen molar-refractivity contribution in [1.29, 1.82) is 0 Å². The second kappa shape index (κ2) is 7.44. The number of halogens is 1. The molecule has 27 heavy (non-hydrogen) atoms. The normalized spacial score (nSPS) is 16.9. The van der Waals surface area contributed by atoms with Gasteiger partial charge in [0.1, 0.15) is 5.82 Å². The fourth-order valence-electron chi connectivity index (χ4n) is 3.63. The Balaban J connectivity index is 1.67. The lowest BCUT2D eigenvalue weighted by molar-refractivity contribution is 0.196. The van der Waals surface area contributed by atoms with E-state index in [2.05, 4.69) is 30.2 Å². The zero-order valence-corrected chi connectivity index (χ0v) is 15.5. The zero-order chi connectivity index (χ0) is 18.8. The van der Waals surface area contributed by atoms with Crippen molar-refractivity contribution in [2.45, 2.75) is 32.9 Å². The van der Waals surface area contributed by atoms with Gasteiger partial charge >= 0.3 is 0 Å². The van der Waals surface area contributed by atoms with Gasteiger partial charge in [0.05, 0.1) is 18.1 Å². The van der Waals surface area contributed by atoms with Crippen molar-refractivity contribution in [3.05, 3.63) is 70.8 Å². The number of benzene rings is 1. The number of aromatic nitrogens is 4. The van der Waals surface area contributed by atoms with Crippen LogP contribution in [0, 0.1) is 12.7 Å². The molecule has 140 valence electrons. The Bertz CT molecular complexity index is 920.